The molecule has 1 heterocycles. The van der Waals surface area contributed by atoms with Gasteiger partial charge in [-0.25, -0.2) is 0 Å². The molecule has 1 aliphatic heterocycles. The lowest BCUT2D eigenvalue weighted by Crippen LogP contribution is -2.56. The molecule has 1 saturated heterocycles. The van der Waals surface area contributed by atoms with E-state index in [1.807, 2.05) is 0 Å². The molecule has 1 aliphatic rings. The van der Waals surface area contributed by atoms with Gasteiger partial charge in [-0.3, -0.25) is 4.90 Å². The minimum absolute atomic E-state index is 0.0167. The van der Waals surface area contributed by atoms with E-state index in [0.717, 1.165) is 19.6 Å². The number of hydrogen-bond acceptors (Lipinski definition) is 3. The molecule has 3 unspecified atom stereocenters. The average molecular weight is 256 g/mol. The number of morpholine rings is 1. The second-order valence-corrected chi connectivity index (χ2v) is 6.90. The van der Waals surface area contributed by atoms with E-state index in [9.17, 15) is 0 Å². The quantitative estimate of drug-likeness (QED) is 0.818. The Balaban J connectivity index is 2.51. The largest absolute Gasteiger partial charge is 0.370 e. The minimum atomic E-state index is -0.0167. The van der Waals surface area contributed by atoms with Crippen LogP contribution in [0.1, 0.15) is 48.5 Å². The summed E-state index contributed by atoms with van der Waals surface area (Å²) in [5, 5.41) is 3.54. The molecule has 1 rings (SSSR count). The van der Waals surface area contributed by atoms with Crippen LogP contribution in [0.4, 0.5) is 0 Å². The predicted molar refractivity (Wildman–Crippen MR) is 78.0 cm³/mol. The van der Waals surface area contributed by atoms with Gasteiger partial charge in [0.15, 0.2) is 0 Å². The predicted octanol–water partition coefficient (Wildman–Crippen LogP) is 2.51. The van der Waals surface area contributed by atoms with E-state index >= 15 is 0 Å². The van der Waals surface area contributed by atoms with Crippen LogP contribution >= 0.6 is 0 Å². The third-order valence-corrected chi connectivity index (χ3v) is 3.84. The van der Waals surface area contributed by atoms with Gasteiger partial charge in [0.2, 0.25) is 0 Å². The van der Waals surface area contributed by atoms with E-state index in [0.29, 0.717) is 24.1 Å². The maximum Gasteiger partial charge on any atom is 0.0757 e. The van der Waals surface area contributed by atoms with E-state index in [2.05, 4.69) is 58.7 Å². The maximum absolute atomic E-state index is 5.97. The van der Waals surface area contributed by atoms with Crippen LogP contribution in [0, 0.1) is 5.92 Å². The highest BCUT2D eigenvalue weighted by molar-refractivity contribution is 4.87. The van der Waals surface area contributed by atoms with Crippen LogP contribution in [0.5, 0.6) is 0 Å². The molecule has 0 aliphatic carbocycles. The third-order valence-electron chi connectivity index (χ3n) is 3.84. The highest BCUT2D eigenvalue weighted by Gasteiger charge is 2.34. The van der Waals surface area contributed by atoms with Crippen molar-refractivity contribution >= 4 is 0 Å². The second-order valence-electron chi connectivity index (χ2n) is 6.90. The number of hydrogen-bond donors (Lipinski definition) is 1. The lowest BCUT2D eigenvalue weighted by atomic mass is 9.97. The van der Waals surface area contributed by atoms with Crippen molar-refractivity contribution < 1.29 is 4.74 Å². The Hall–Kier alpha value is -0.120. The molecule has 1 fully saturated rings. The molecule has 0 spiro atoms. The van der Waals surface area contributed by atoms with Crippen LogP contribution in [0.2, 0.25) is 0 Å². The molecule has 18 heavy (non-hydrogen) atoms. The molecule has 0 aromatic rings. The summed E-state index contributed by atoms with van der Waals surface area (Å²) < 4.78 is 5.97. The summed E-state index contributed by atoms with van der Waals surface area (Å²) in [5.74, 6) is 0.661. The van der Waals surface area contributed by atoms with Crippen molar-refractivity contribution in [1.82, 2.24) is 10.2 Å². The Kier molecular flexibility index (Phi) is 5.63. The second kappa shape index (κ2) is 6.36. The Morgan fingerprint density at radius 3 is 2.39 bits per heavy atom. The zero-order valence-electron chi connectivity index (χ0n) is 13.3. The van der Waals surface area contributed by atoms with Crippen LogP contribution in [0.3, 0.4) is 0 Å². The molecule has 0 aromatic heterocycles. The normalized spacial score (nSPS) is 28.3. The molecular weight excluding hydrogens is 224 g/mol. The minimum Gasteiger partial charge on any atom is -0.370 e. The molecular formula is C15H32N2O. The van der Waals surface area contributed by atoms with Gasteiger partial charge in [-0.15, -0.1) is 0 Å². The molecule has 0 amide bonds. The molecule has 3 atom stereocenters. The van der Waals surface area contributed by atoms with Crippen molar-refractivity contribution in [1.29, 1.82) is 0 Å². The van der Waals surface area contributed by atoms with Gasteiger partial charge in [0.25, 0.3) is 0 Å². The molecule has 0 saturated carbocycles. The number of nitrogens with one attached hydrogen (secondary N) is 1. The summed E-state index contributed by atoms with van der Waals surface area (Å²) in [7, 11) is 0. The summed E-state index contributed by atoms with van der Waals surface area (Å²) >= 11 is 0. The summed E-state index contributed by atoms with van der Waals surface area (Å²) in [6, 6.07) is 1.17. The van der Waals surface area contributed by atoms with Crippen LogP contribution in [-0.4, -0.2) is 48.3 Å². The lowest BCUT2D eigenvalue weighted by Gasteiger charge is -2.45. The molecule has 0 bridgehead atoms. The standard InChI is InChI=1S/C15H32N2O/c1-11(2)16-8-12(3)14(5)17-9-13(4)18-15(6,7)10-17/h11-14,16H,8-10H2,1-7H3. The first kappa shape index (κ1) is 15.9. The smallest absolute Gasteiger partial charge is 0.0757 e. The molecule has 108 valence electrons. The number of nitrogens with zero attached hydrogens (tertiary/aromatic N) is 1. The van der Waals surface area contributed by atoms with Gasteiger partial charge >= 0.3 is 0 Å². The van der Waals surface area contributed by atoms with Crippen molar-refractivity contribution in [3.63, 3.8) is 0 Å². The van der Waals surface area contributed by atoms with Gasteiger partial charge in [-0.1, -0.05) is 20.8 Å². The Morgan fingerprint density at radius 2 is 1.89 bits per heavy atom. The fraction of sp³-hybridized carbons (Fsp3) is 1.00. The summed E-state index contributed by atoms with van der Waals surface area (Å²) in [6.07, 6.45) is 0.335. The fourth-order valence-electron chi connectivity index (χ4n) is 2.77. The highest BCUT2D eigenvalue weighted by atomic mass is 16.5. The van der Waals surface area contributed by atoms with Crippen LogP contribution in [0.25, 0.3) is 0 Å². The van der Waals surface area contributed by atoms with Gasteiger partial charge in [0.05, 0.1) is 11.7 Å². The van der Waals surface area contributed by atoms with E-state index in [1.165, 1.54) is 0 Å². The van der Waals surface area contributed by atoms with Crippen LogP contribution < -0.4 is 5.32 Å². The van der Waals surface area contributed by atoms with E-state index < -0.39 is 0 Å². The van der Waals surface area contributed by atoms with E-state index in [4.69, 9.17) is 4.74 Å². The maximum atomic E-state index is 5.97. The third kappa shape index (κ3) is 4.87. The lowest BCUT2D eigenvalue weighted by molar-refractivity contribution is -0.140. The SMILES string of the molecule is CC(C)NCC(C)C(C)N1CC(C)OC(C)(C)C1. The van der Waals surface area contributed by atoms with Gasteiger partial charge < -0.3 is 10.1 Å². The summed E-state index contributed by atoms with van der Waals surface area (Å²) in [5.41, 5.74) is -0.0167. The first-order valence-corrected chi connectivity index (χ1v) is 7.36. The van der Waals surface area contributed by atoms with Crippen molar-refractivity contribution in [2.75, 3.05) is 19.6 Å². The summed E-state index contributed by atoms with van der Waals surface area (Å²) in [4.78, 5) is 2.58. The Morgan fingerprint density at radius 1 is 1.28 bits per heavy atom. The van der Waals surface area contributed by atoms with E-state index in [-0.39, 0.29) is 5.60 Å². The Bertz CT molecular complexity index is 253. The average Bonchev–Trinajstić information content (AvgIpc) is 2.21. The monoisotopic (exact) mass is 256 g/mol. The van der Waals surface area contributed by atoms with Crippen LogP contribution in [0.15, 0.2) is 0 Å². The van der Waals surface area contributed by atoms with E-state index in [1.54, 1.807) is 0 Å². The molecule has 1 N–H and O–H groups in total. The summed E-state index contributed by atoms with van der Waals surface area (Å²) in [6.45, 7) is 18.8. The van der Waals surface area contributed by atoms with Gasteiger partial charge in [0.1, 0.15) is 0 Å². The zero-order chi connectivity index (χ0) is 13.9. The molecule has 3 heteroatoms. The number of ether oxygens (including phenoxy) is 1. The first-order chi connectivity index (χ1) is 8.21. The van der Waals surface area contributed by atoms with Gasteiger partial charge in [-0.05, 0) is 40.2 Å². The molecule has 0 aromatic carbocycles. The van der Waals surface area contributed by atoms with Gasteiger partial charge in [-0.2, -0.15) is 0 Å². The Labute approximate surface area is 113 Å². The first-order valence-electron chi connectivity index (χ1n) is 7.36. The van der Waals surface area contributed by atoms with Crippen molar-refractivity contribution in [3.8, 4) is 0 Å². The van der Waals surface area contributed by atoms with Crippen molar-refractivity contribution in [2.45, 2.75) is 72.3 Å². The molecule has 0 radical (unpaired) electrons. The topological polar surface area (TPSA) is 24.5 Å². The van der Waals surface area contributed by atoms with Crippen molar-refractivity contribution in [3.05, 3.63) is 0 Å². The van der Waals surface area contributed by atoms with Crippen LogP contribution in [-0.2, 0) is 4.74 Å². The fourth-order valence-corrected chi connectivity index (χ4v) is 2.77. The number of rotatable bonds is 5. The molecule has 3 nitrogen and oxygen atoms in total. The zero-order valence-corrected chi connectivity index (χ0v) is 13.3. The van der Waals surface area contributed by atoms with Crippen molar-refractivity contribution in [2.24, 2.45) is 5.92 Å². The van der Waals surface area contributed by atoms with Gasteiger partial charge in [0, 0.05) is 25.2 Å². The highest BCUT2D eigenvalue weighted by Crippen LogP contribution is 2.24.